The fourth-order valence-electron chi connectivity index (χ4n) is 0.895. The molecule has 1 aromatic carbocycles. The van der Waals surface area contributed by atoms with Gasteiger partial charge in [-0.15, -0.1) is 0 Å². The van der Waals surface area contributed by atoms with Gasteiger partial charge < -0.3 is 0 Å². The van der Waals surface area contributed by atoms with Crippen LogP contribution in [0.1, 0.15) is 5.56 Å². The first-order chi connectivity index (χ1) is 5.41. The molecule has 1 rings (SSSR count). The highest BCUT2D eigenvalue weighted by Gasteiger charge is 2.13. The van der Waals surface area contributed by atoms with E-state index in [1.54, 1.807) is 0 Å². The second-order valence-corrected chi connectivity index (χ2v) is 4.90. The molecule has 3 nitrogen and oxygen atoms in total. The van der Waals surface area contributed by atoms with Crippen LogP contribution >= 0.6 is 10.7 Å². The van der Waals surface area contributed by atoms with Gasteiger partial charge in [-0.1, -0.05) is 0 Å². The maximum Gasteiger partial charge on any atom is 0.261 e. The molecule has 12 heavy (non-hydrogen) atoms. The van der Waals surface area contributed by atoms with Crippen LogP contribution in [0, 0.1) is 6.92 Å². The van der Waals surface area contributed by atoms with E-state index in [0.29, 0.717) is 5.56 Å². The molecule has 1 radical (unpaired) electrons. The summed E-state index contributed by atoms with van der Waals surface area (Å²) in [5.74, 6) is -0.225. The van der Waals surface area contributed by atoms with E-state index < -0.39 is 9.05 Å². The lowest BCUT2D eigenvalue weighted by atomic mass is 10.2. The van der Waals surface area contributed by atoms with Crippen molar-refractivity contribution in [3.8, 4) is 5.75 Å². The minimum atomic E-state index is -3.72. The largest absolute Gasteiger partial charge is 0.290 e. The molecule has 0 fully saturated rings. The highest BCUT2D eigenvalue weighted by atomic mass is 35.7. The van der Waals surface area contributed by atoms with Crippen LogP contribution in [0.5, 0.6) is 5.75 Å². The Kier molecular flexibility index (Phi) is 2.30. The minimum absolute atomic E-state index is 0.0104. The summed E-state index contributed by atoms with van der Waals surface area (Å²) < 4.78 is 21.7. The molecule has 0 spiro atoms. The van der Waals surface area contributed by atoms with Crippen molar-refractivity contribution in [3.63, 3.8) is 0 Å². The number of benzene rings is 1. The van der Waals surface area contributed by atoms with Crippen LogP contribution in [0.15, 0.2) is 23.1 Å². The fraction of sp³-hybridized carbons (Fsp3) is 0.143. The van der Waals surface area contributed by atoms with Gasteiger partial charge in [-0.3, -0.25) is 5.11 Å². The van der Waals surface area contributed by atoms with E-state index in [1.807, 2.05) is 0 Å². The monoisotopic (exact) mass is 205 g/mol. The minimum Gasteiger partial charge on any atom is -0.290 e. The van der Waals surface area contributed by atoms with Crippen molar-refractivity contribution in [2.75, 3.05) is 0 Å². The van der Waals surface area contributed by atoms with E-state index in [9.17, 15) is 13.5 Å². The Labute approximate surface area is 75.0 Å². The third-order valence-corrected chi connectivity index (χ3v) is 2.89. The van der Waals surface area contributed by atoms with Gasteiger partial charge in [-0.05, 0) is 30.7 Å². The van der Waals surface area contributed by atoms with Crippen molar-refractivity contribution < 1.29 is 13.5 Å². The maximum atomic E-state index is 10.8. The molecule has 0 unspecified atom stereocenters. The number of hydrogen-bond acceptors (Lipinski definition) is 2. The summed E-state index contributed by atoms with van der Waals surface area (Å²) in [7, 11) is 1.37. The average molecular weight is 206 g/mol. The standard InChI is InChI=1S/C7H6ClO3S/c1-5-4-6(9)2-3-7(5)12(8,10)11/h2-4H,1H3. The van der Waals surface area contributed by atoms with Gasteiger partial charge in [-0.25, -0.2) is 8.42 Å². The van der Waals surface area contributed by atoms with Crippen molar-refractivity contribution in [2.45, 2.75) is 11.8 Å². The average Bonchev–Trinajstić information content (AvgIpc) is 1.83. The first kappa shape index (κ1) is 9.35. The van der Waals surface area contributed by atoms with Crippen LogP contribution in [0.3, 0.4) is 0 Å². The number of aryl methyl sites for hydroxylation is 1. The van der Waals surface area contributed by atoms with Crippen molar-refractivity contribution >= 4 is 19.7 Å². The molecule has 1 aromatic rings. The third kappa shape index (κ3) is 1.89. The third-order valence-electron chi connectivity index (χ3n) is 1.41. The molecule has 0 aliphatic rings. The van der Waals surface area contributed by atoms with Gasteiger partial charge in [0.05, 0.1) is 4.90 Å². The number of halogens is 1. The highest BCUT2D eigenvalue weighted by Crippen LogP contribution is 2.23. The summed E-state index contributed by atoms with van der Waals surface area (Å²) in [4.78, 5) is -0.0104. The second kappa shape index (κ2) is 2.95. The molecule has 0 bridgehead atoms. The van der Waals surface area contributed by atoms with E-state index >= 15 is 0 Å². The Hall–Kier alpha value is -0.740. The van der Waals surface area contributed by atoms with Gasteiger partial charge in [-0.2, -0.15) is 0 Å². The van der Waals surface area contributed by atoms with E-state index in [-0.39, 0.29) is 10.6 Å². The van der Waals surface area contributed by atoms with Gasteiger partial charge in [0, 0.05) is 10.7 Å². The van der Waals surface area contributed by atoms with Gasteiger partial charge in [0.2, 0.25) is 0 Å². The SMILES string of the molecule is Cc1cc([O])ccc1S(=O)(=O)Cl. The smallest absolute Gasteiger partial charge is 0.261 e. The van der Waals surface area contributed by atoms with Crippen LogP contribution < -0.4 is 0 Å². The summed E-state index contributed by atoms with van der Waals surface area (Å²) in [5.41, 5.74) is 0.373. The van der Waals surface area contributed by atoms with E-state index in [2.05, 4.69) is 0 Å². The van der Waals surface area contributed by atoms with Crippen molar-refractivity contribution in [1.82, 2.24) is 0 Å². The van der Waals surface area contributed by atoms with Gasteiger partial charge in [0.1, 0.15) is 0 Å². The Morgan fingerprint density at radius 2 is 1.92 bits per heavy atom. The van der Waals surface area contributed by atoms with Gasteiger partial charge in [0.15, 0.2) is 5.75 Å². The van der Waals surface area contributed by atoms with E-state index in [0.717, 1.165) is 0 Å². The zero-order valence-electron chi connectivity index (χ0n) is 6.24. The van der Waals surface area contributed by atoms with Gasteiger partial charge >= 0.3 is 0 Å². The first-order valence-electron chi connectivity index (χ1n) is 3.13. The summed E-state index contributed by atoms with van der Waals surface area (Å²) in [6.07, 6.45) is 0. The van der Waals surface area contributed by atoms with Crippen LogP contribution in [-0.2, 0) is 14.2 Å². The van der Waals surface area contributed by atoms with Crippen molar-refractivity contribution in [2.24, 2.45) is 0 Å². The molecule has 0 aliphatic heterocycles. The number of hydrogen-bond donors (Lipinski definition) is 0. The molecule has 0 N–H and O–H groups in total. The van der Waals surface area contributed by atoms with Crippen LogP contribution in [0.2, 0.25) is 0 Å². The van der Waals surface area contributed by atoms with Gasteiger partial charge in [0.25, 0.3) is 9.05 Å². The van der Waals surface area contributed by atoms with Crippen LogP contribution in [0.4, 0.5) is 0 Å². The zero-order valence-corrected chi connectivity index (χ0v) is 7.82. The van der Waals surface area contributed by atoms with E-state index in [1.165, 1.54) is 25.1 Å². The molecule has 0 saturated heterocycles. The molecule has 5 heteroatoms. The predicted octanol–water partition coefficient (Wildman–Crippen LogP) is 2.07. The molecule has 0 aromatic heterocycles. The maximum absolute atomic E-state index is 10.8. The first-order valence-corrected chi connectivity index (χ1v) is 5.44. The summed E-state index contributed by atoms with van der Waals surface area (Å²) in [5, 5.41) is 10.7. The van der Waals surface area contributed by atoms with Crippen LogP contribution in [0.25, 0.3) is 0 Å². The predicted molar refractivity (Wildman–Crippen MR) is 44.4 cm³/mol. The Morgan fingerprint density at radius 3 is 2.33 bits per heavy atom. The van der Waals surface area contributed by atoms with Crippen LogP contribution in [-0.4, -0.2) is 8.42 Å². The molecule has 0 heterocycles. The number of rotatable bonds is 1. The van der Waals surface area contributed by atoms with Crippen molar-refractivity contribution in [1.29, 1.82) is 0 Å². The molecule has 0 aliphatic carbocycles. The Balaban J connectivity index is 3.39. The van der Waals surface area contributed by atoms with Crippen molar-refractivity contribution in [3.05, 3.63) is 23.8 Å². The zero-order chi connectivity index (χ0) is 9.35. The molecular formula is C7H6ClO3S. The quantitative estimate of drug-likeness (QED) is 0.659. The summed E-state index contributed by atoms with van der Waals surface area (Å²) in [6, 6.07) is 3.61. The molecule has 65 valence electrons. The molecular weight excluding hydrogens is 200 g/mol. The fourth-order valence-corrected chi connectivity index (χ4v) is 2.09. The lowest BCUT2D eigenvalue weighted by molar-refractivity contribution is 0.354. The topological polar surface area (TPSA) is 54.0 Å². The molecule has 0 saturated carbocycles. The molecule has 0 amide bonds. The summed E-state index contributed by atoms with van der Waals surface area (Å²) in [6.45, 7) is 1.52. The second-order valence-electron chi connectivity index (χ2n) is 2.37. The highest BCUT2D eigenvalue weighted by molar-refractivity contribution is 8.13. The van der Waals surface area contributed by atoms with E-state index in [4.69, 9.17) is 10.7 Å². The summed E-state index contributed by atoms with van der Waals surface area (Å²) >= 11 is 0. The lowest BCUT2D eigenvalue weighted by Gasteiger charge is -1.99. The molecule has 0 atom stereocenters. The lowest BCUT2D eigenvalue weighted by Crippen LogP contribution is -1.93. The Morgan fingerprint density at radius 1 is 1.33 bits per heavy atom. The normalized spacial score (nSPS) is 11.5. The Bertz CT molecular complexity index is 397.